The summed E-state index contributed by atoms with van der Waals surface area (Å²) in [6.45, 7) is 0. The van der Waals surface area contributed by atoms with E-state index in [9.17, 15) is 18.0 Å². The van der Waals surface area contributed by atoms with Gasteiger partial charge in [0.2, 0.25) is 6.10 Å². The van der Waals surface area contributed by atoms with E-state index in [1.54, 1.807) is 6.07 Å². The molecule has 1 N–H and O–H groups in total. The van der Waals surface area contributed by atoms with Gasteiger partial charge in [0.1, 0.15) is 17.5 Å². The van der Waals surface area contributed by atoms with Crippen LogP contribution in [0.1, 0.15) is 12.0 Å². The van der Waals surface area contributed by atoms with Gasteiger partial charge in [0.25, 0.3) is 5.91 Å². The highest BCUT2D eigenvalue weighted by molar-refractivity contribution is 6.06. The van der Waals surface area contributed by atoms with E-state index in [4.69, 9.17) is 4.84 Å². The van der Waals surface area contributed by atoms with E-state index in [1.807, 2.05) is 0 Å². The van der Waals surface area contributed by atoms with E-state index in [2.05, 4.69) is 10.5 Å². The van der Waals surface area contributed by atoms with Gasteiger partial charge in [0.15, 0.2) is 0 Å². The molecule has 0 aliphatic carbocycles. The third-order valence-electron chi connectivity index (χ3n) is 3.31. The van der Waals surface area contributed by atoms with E-state index in [-0.39, 0.29) is 12.1 Å². The van der Waals surface area contributed by atoms with Crippen LogP contribution < -0.4 is 5.32 Å². The highest BCUT2D eigenvalue weighted by Gasteiger charge is 2.29. The molecule has 0 saturated carbocycles. The maximum atomic E-state index is 13.5. The zero-order valence-corrected chi connectivity index (χ0v) is 11.7. The van der Waals surface area contributed by atoms with Crippen molar-refractivity contribution in [3.8, 4) is 0 Å². The predicted octanol–water partition coefficient (Wildman–Crippen LogP) is 3.24. The van der Waals surface area contributed by atoms with Crippen LogP contribution in [0.15, 0.2) is 47.6 Å². The molecule has 1 atom stereocenters. The van der Waals surface area contributed by atoms with Crippen LogP contribution in [0.5, 0.6) is 0 Å². The lowest BCUT2D eigenvalue weighted by molar-refractivity contribution is -0.125. The summed E-state index contributed by atoms with van der Waals surface area (Å²) in [7, 11) is 0. The topological polar surface area (TPSA) is 50.7 Å². The summed E-state index contributed by atoms with van der Waals surface area (Å²) < 4.78 is 39.5. The Morgan fingerprint density at radius 3 is 2.65 bits per heavy atom. The van der Waals surface area contributed by atoms with Crippen molar-refractivity contribution in [3.05, 3.63) is 65.5 Å². The number of amides is 1. The van der Waals surface area contributed by atoms with Gasteiger partial charge in [0, 0.05) is 18.1 Å². The van der Waals surface area contributed by atoms with Gasteiger partial charge in [0.05, 0.1) is 11.4 Å². The first-order valence-corrected chi connectivity index (χ1v) is 6.77. The van der Waals surface area contributed by atoms with Gasteiger partial charge in [-0.15, -0.1) is 0 Å². The molecule has 118 valence electrons. The third-order valence-corrected chi connectivity index (χ3v) is 3.31. The van der Waals surface area contributed by atoms with Gasteiger partial charge < -0.3 is 10.2 Å². The summed E-state index contributed by atoms with van der Waals surface area (Å²) in [6, 6.07) is 8.55. The van der Waals surface area contributed by atoms with Gasteiger partial charge in [-0.3, -0.25) is 4.79 Å². The van der Waals surface area contributed by atoms with Crippen LogP contribution in [-0.2, 0) is 9.63 Å². The van der Waals surface area contributed by atoms with Crippen molar-refractivity contribution in [2.75, 3.05) is 5.32 Å². The fourth-order valence-corrected chi connectivity index (χ4v) is 2.16. The molecule has 4 nitrogen and oxygen atoms in total. The number of rotatable bonds is 3. The van der Waals surface area contributed by atoms with Crippen molar-refractivity contribution in [2.45, 2.75) is 12.5 Å². The number of carbonyl (C=O) groups is 1. The molecule has 23 heavy (non-hydrogen) atoms. The van der Waals surface area contributed by atoms with E-state index in [1.165, 1.54) is 18.2 Å². The molecule has 0 aromatic heterocycles. The first-order chi connectivity index (χ1) is 11.0. The molecule has 2 aromatic rings. The van der Waals surface area contributed by atoms with E-state index in [0.717, 1.165) is 12.1 Å². The number of carbonyl (C=O) groups excluding carboxylic acids is 1. The fourth-order valence-electron chi connectivity index (χ4n) is 2.16. The Morgan fingerprint density at radius 2 is 1.91 bits per heavy atom. The average molecular weight is 320 g/mol. The summed E-state index contributed by atoms with van der Waals surface area (Å²) in [5, 5.41) is 6.07. The number of nitrogens with one attached hydrogen (secondary N) is 1. The first-order valence-electron chi connectivity index (χ1n) is 6.77. The minimum absolute atomic E-state index is 0.123. The number of benzene rings is 2. The molecule has 3 rings (SSSR count). The summed E-state index contributed by atoms with van der Waals surface area (Å²) in [5.41, 5.74) is 0.775. The van der Waals surface area contributed by atoms with Crippen LogP contribution in [-0.4, -0.2) is 17.7 Å². The second kappa shape index (κ2) is 6.12. The van der Waals surface area contributed by atoms with Crippen LogP contribution in [0.4, 0.5) is 18.9 Å². The van der Waals surface area contributed by atoms with Gasteiger partial charge in [-0.1, -0.05) is 17.3 Å². The van der Waals surface area contributed by atoms with Gasteiger partial charge in [-0.25, -0.2) is 13.2 Å². The minimum Gasteiger partial charge on any atom is -0.382 e. The lowest BCUT2D eigenvalue weighted by Crippen LogP contribution is -2.28. The Morgan fingerprint density at radius 1 is 1.13 bits per heavy atom. The lowest BCUT2D eigenvalue weighted by Gasteiger charge is -2.10. The molecule has 0 fully saturated rings. The molecule has 0 unspecified atom stereocenters. The van der Waals surface area contributed by atoms with Crippen LogP contribution in [0.3, 0.4) is 0 Å². The molecule has 1 amide bonds. The Bertz CT molecular complexity index is 793. The van der Waals surface area contributed by atoms with Crippen molar-refractivity contribution < 1.29 is 22.8 Å². The largest absolute Gasteiger partial charge is 0.382 e. The van der Waals surface area contributed by atoms with E-state index < -0.39 is 29.5 Å². The Labute approximate surface area is 129 Å². The van der Waals surface area contributed by atoms with Gasteiger partial charge in [-0.05, 0) is 24.3 Å². The number of anilines is 1. The highest BCUT2D eigenvalue weighted by atomic mass is 19.1. The Hall–Kier alpha value is -2.83. The lowest BCUT2D eigenvalue weighted by atomic mass is 10.0. The molecule has 2 aromatic carbocycles. The predicted molar refractivity (Wildman–Crippen MR) is 77.4 cm³/mol. The molecule has 1 heterocycles. The number of hydrogen-bond donors (Lipinski definition) is 1. The maximum Gasteiger partial charge on any atom is 0.268 e. The highest BCUT2D eigenvalue weighted by Crippen LogP contribution is 2.20. The molecule has 0 bridgehead atoms. The number of halogens is 3. The molecule has 1 aliphatic rings. The van der Waals surface area contributed by atoms with Crippen molar-refractivity contribution in [1.29, 1.82) is 0 Å². The summed E-state index contributed by atoms with van der Waals surface area (Å²) in [4.78, 5) is 17.1. The third kappa shape index (κ3) is 3.33. The second-order valence-electron chi connectivity index (χ2n) is 4.96. The van der Waals surface area contributed by atoms with Crippen molar-refractivity contribution >= 4 is 17.3 Å². The molecule has 7 heteroatoms. The Balaban J connectivity index is 1.67. The molecule has 0 saturated heterocycles. The molecule has 0 spiro atoms. The van der Waals surface area contributed by atoms with Crippen LogP contribution in [0.2, 0.25) is 0 Å². The zero-order chi connectivity index (χ0) is 16.4. The molecular weight excluding hydrogens is 309 g/mol. The summed E-state index contributed by atoms with van der Waals surface area (Å²) in [6.07, 6.45) is -0.837. The molecular formula is C16H11F3N2O2. The standard InChI is InChI=1S/C16H11F3N2O2/c17-10-3-1-2-9(6-10)14-8-15(23-21-14)16(22)20-13-5-4-11(18)7-12(13)19/h1-7,15H,8H2,(H,20,22)/t15-/m0/s1. The van der Waals surface area contributed by atoms with Crippen molar-refractivity contribution in [1.82, 2.24) is 0 Å². The zero-order valence-electron chi connectivity index (χ0n) is 11.7. The monoisotopic (exact) mass is 320 g/mol. The van der Waals surface area contributed by atoms with Crippen LogP contribution in [0.25, 0.3) is 0 Å². The number of nitrogens with zero attached hydrogens (tertiary/aromatic N) is 1. The molecule has 0 radical (unpaired) electrons. The SMILES string of the molecule is O=C(Nc1ccc(F)cc1F)[C@@H]1CC(c2cccc(F)c2)=NO1. The average Bonchev–Trinajstić information content (AvgIpc) is 3.00. The van der Waals surface area contributed by atoms with Crippen LogP contribution in [0, 0.1) is 17.5 Å². The Kier molecular flexibility index (Phi) is 4.01. The second-order valence-corrected chi connectivity index (χ2v) is 4.96. The number of hydrogen-bond acceptors (Lipinski definition) is 3. The summed E-state index contributed by atoms with van der Waals surface area (Å²) >= 11 is 0. The van der Waals surface area contributed by atoms with E-state index >= 15 is 0 Å². The summed E-state index contributed by atoms with van der Waals surface area (Å²) in [5.74, 6) is -2.67. The smallest absolute Gasteiger partial charge is 0.268 e. The number of oxime groups is 1. The first kappa shape index (κ1) is 15.1. The molecule has 1 aliphatic heterocycles. The van der Waals surface area contributed by atoms with Crippen LogP contribution >= 0.6 is 0 Å². The van der Waals surface area contributed by atoms with Gasteiger partial charge >= 0.3 is 0 Å². The normalized spacial score (nSPS) is 16.7. The quantitative estimate of drug-likeness (QED) is 0.944. The van der Waals surface area contributed by atoms with E-state index in [0.29, 0.717) is 17.3 Å². The van der Waals surface area contributed by atoms with Crippen molar-refractivity contribution in [3.63, 3.8) is 0 Å². The van der Waals surface area contributed by atoms with Gasteiger partial charge in [-0.2, -0.15) is 0 Å². The van der Waals surface area contributed by atoms with Crippen molar-refractivity contribution in [2.24, 2.45) is 5.16 Å². The maximum absolute atomic E-state index is 13.5. The fraction of sp³-hybridized carbons (Fsp3) is 0.125. The minimum atomic E-state index is -0.960.